The summed E-state index contributed by atoms with van der Waals surface area (Å²) in [4.78, 5) is 5.74. The Balaban J connectivity index is 1.88. The molecule has 2 N–H and O–H groups in total. The highest BCUT2D eigenvalue weighted by Crippen LogP contribution is 2.20. The highest BCUT2D eigenvalue weighted by atomic mass is 32.1. The second-order valence-electron chi connectivity index (χ2n) is 4.58. The average molecular weight is 239 g/mol. The van der Waals surface area contributed by atoms with Crippen molar-refractivity contribution in [2.75, 3.05) is 13.1 Å². The number of rotatable bonds is 3. The van der Waals surface area contributed by atoms with Crippen molar-refractivity contribution in [3.05, 3.63) is 16.1 Å². The number of hydrogen-bond acceptors (Lipinski definition) is 4. The largest absolute Gasteiger partial charge is 0.317 e. The maximum Gasteiger partial charge on any atom is 0.109 e. The average Bonchev–Trinajstić information content (AvgIpc) is 2.54. The number of nitrogens with one attached hydrogen (secondary N) is 2. The van der Waals surface area contributed by atoms with E-state index in [2.05, 4.69) is 29.5 Å². The molecule has 0 spiro atoms. The molecule has 3 nitrogen and oxygen atoms in total. The molecule has 2 unspecified atom stereocenters. The molecule has 0 bridgehead atoms. The molecular formula is C12H21N3S. The van der Waals surface area contributed by atoms with Gasteiger partial charge in [0, 0.05) is 17.1 Å². The standard InChI is InChI=1S/C12H21N3S/c1-9-8-14-12(16-9)10(2)15-11-4-3-6-13-7-5-11/h8,10-11,13,15H,3-7H2,1-2H3. The fourth-order valence-electron chi connectivity index (χ4n) is 2.18. The van der Waals surface area contributed by atoms with Crippen LogP contribution in [0.5, 0.6) is 0 Å². The van der Waals surface area contributed by atoms with Gasteiger partial charge in [-0.15, -0.1) is 11.3 Å². The van der Waals surface area contributed by atoms with Crippen molar-refractivity contribution in [3.8, 4) is 0 Å². The van der Waals surface area contributed by atoms with E-state index >= 15 is 0 Å². The lowest BCUT2D eigenvalue weighted by atomic mass is 10.1. The molecule has 1 fully saturated rings. The van der Waals surface area contributed by atoms with E-state index in [4.69, 9.17) is 0 Å². The molecule has 16 heavy (non-hydrogen) atoms. The topological polar surface area (TPSA) is 37.0 Å². The van der Waals surface area contributed by atoms with Crippen molar-refractivity contribution in [1.29, 1.82) is 0 Å². The van der Waals surface area contributed by atoms with Crippen LogP contribution in [0.15, 0.2) is 6.20 Å². The summed E-state index contributed by atoms with van der Waals surface area (Å²) in [6.45, 7) is 6.64. The third-order valence-electron chi connectivity index (χ3n) is 3.07. The van der Waals surface area contributed by atoms with Gasteiger partial charge in [-0.2, -0.15) is 0 Å². The van der Waals surface area contributed by atoms with Gasteiger partial charge in [0.05, 0.1) is 6.04 Å². The molecule has 0 saturated carbocycles. The zero-order valence-corrected chi connectivity index (χ0v) is 10.9. The molecule has 1 aromatic heterocycles. The fraction of sp³-hybridized carbons (Fsp3) is 0.750. The van der Waals surface area contributed by atoms with Gasteiger partial charge in [-0.1, -0.05) is 0 Å². The van der Waals surface area contributed by atoms with Crippen molar-refractivity contribution in [2.24, 2.45) is 0 Å². The molecule has 1 aliphatic heterocycles. The SMILES string of the molecule is Cc1cnc(C(C)NC2CCCNCC2)s1. The first-order chi connectivity index (χ1) is 7.75. The van der Waals surface area contributed by atoms with Crippen molar-refractivity contribution in [2.45, 2.75) is 45.2 Å². The summed E-state index contributed by atoms with van der Waals surface area (Å²) in [5, 5.41) is 8.35. The highest BCUT2D eigenvalue weighted by Gasteiger charge is 2.16. The van der Waals surface area contributed by atoms with Crippen molar-refractivity contribution < 1.29 is 0 Å². The first-order valence-corrected chi connectivity index (χ1v) is 6.96. The molecule has 1 aliphatic rings. The second-order valence-corrected chi connectivity index (χ2v) is 5.84. The Labute approximate surface area is 102 Å². The summed E-state index contributed by atoms with van der Waals surface area (Å²) in [5.74, 6) is 0. The Hall–Kier alpha value is -0.450. The molecule has 2 rings (SSSR count). The summed E-state index contributed by atoms with van der Waals surface area (Å²) in [5.41, 5.74) is 0. The van der Waals surface area contributed by atoms with Gasteiger partial charge in [0.1, 0.15) is 5.01 Å². The molecule has 90 valence electrons. The van der Waals surface area contributed by atoms with Gasteiger partial charge in [0.25, 0.3) is 0 Å². The van der Waals surface area contributed by atoms with Gasteiger partial charge in [0.15, 0.2) is 0 Å². The van der Waals surface area contributed by atoms with Gasteiger partial charge in [-0.25, -0.2) is 4.98 Å². The van der Waals surface area contributed by atoms with Crippen LogP contribution in [0.1, 0.15) is 42.1 Å². The van der Waals surface area contributed by atoms with Crippen molar-refractivity contribution in [3.63, 3.8) is 0 Å². The Morgan fingerprint density at radius 3 is 3.12 bits per heavy atom. The van der Waals surface area contributed by atoms with Gasteiger partial charge < -0.3 is 10.6 Å². The zero-order valence-electron chi connectivity index (χ0n) is 10.1. The molecule has 1 saturated heterocycles. The van der Waals surface area contributed by atoms with Crippen LogP contribution in [-0.4, -0.2) is 24.1 Å². The van der Waals surface area contributed by atoms with E-state index in [1.165, 1.54) is 35.7 Å². The van der Waals surface area contributed by atoms with Crippen molar-refractivity contribution >= 4 is 11.3 Å². The highest BCUT2D eigenvalue weighted by molar-refractivity contribution is 7.11. The zero-order chi connectivity index (χ0) is 11.4. The Kier molecular flexibility index (Phi) is 4.32. The number of nitrogens with zero attached hydrogens (tertiary/aromatic N) is 1. The van der Waals surface area contributed by atoms with E-state index in [9.17, 15) is 0 Å². The summed E-state index contributed by atoms with van der Waals surface area (Å²) in [7, 11) is 0. The van der Waals surface area contributed by atoms with E-state index in [0.717, 1.165) is 6.54 Å². The minimum atomic E-state index is 0.391. The molecule has 2 atom stereocenters. The van der Waals surface area contributed by atoms with Crippen LogP contribution in [0.2, 0.25) is 0 Å². The molecule has 0 aliphatic carbocycles. The van der Waals surface area contributed by atoms with E-state index in [0.29, 0.717) is 12.1 Å². The lowest BCUT2D eigenvalue weighted by Gasteiger charge is -2.20. The third-order valence-corrected chi connectivity index (χ3v) is 4.17. The fourth-order valence-corrected chi connectivity index (χ4v) is 2.97. The van der Waals surface area contributed by atoms with E-state index in [-0.39, 0.29) is 0 Å². The number of aryl methyl sites for hydroxylation is 1. The Morgan fingerprint density at radius 2 is 2.38 bits per heavy atom. The lowest BCUT2D eigenvalue weighted by Crippen LogP contribution is -2.32. The Morgan fingerprint density at radius 1 is 1.50 bits per heavy atom. The van der Waals surface area contributed by atoms with Crippen LogP contribution < -0.4 is 10.6 Å². The molecular weight excluding hydrogens is 218 g/mol. The third kappa shape index (κ3) is 3.27. The molecule has 0 amide bonds. The molecule has 4 heteroatoms. The number of aromatic nitrogens is 1. The van der Waals surface area contributed by atoms with E-state index < -0.39 is 0 Å². The second kappa shape index (κ2) is 5.75. The Bertz CT molecular complexity index is 316. The lowest BCUT2D eigenvalue weighted by molar-refractivity contribution is 0.420. The number of hydrogen-bond donors (Lipinski definition) is 2. The van der Waals surface area contributed by atoms with Crippen LogP contribution in [0.25, 0.3) is 0 Å². The quantitative estimate of drug-likeness (QED) is 0.849. The predicted molar refractivity (Wildman–Crippen MR) is 68.9 cm³/mol. The smallest absolute Gasteiger partial charge is 0.109 e. The predicted octanol–water partition coefficient (Wildman–Crippen LogP) is 2.24. The van der Waals surface area contributed by atoms with E-state index in [1.807, 2.05) is 6.20 Å². The van der Waals surface area contributed by atoms with Crippen LogP contribution in [0.4, 0.5) is 0 Å². The minimum absolute atomic E-state index is 0.391. The van der Waals surface area contributed by atoms with Gasteiger partial charge in [-0.3, -0.25) is 0 Å². The van der Waals surface area contributed by atoms with Crippen LogP contribution in [0.3, 0.4) is 0 Å². The van der Waals surface area contributed by atoms with Gasteiger partial charge in [-0.05, 0) is 46.2 Å². The maximum atomic E-state index is 4.45. The first kappa shape index (κ1) is 12.0. The maximum absolute atomic E-state index is 4.45. The summed E-state index contributed by atoms with van der Waals surface area (Å²) in [6.07, 6.45) is 5.75. The number of thiazole rings is 1. The van der Waals surface area contributed by atoms with Crippen LogP contribution in [-0.2, 0) is 0 Å². The van der Waals surface area contributed by atoms with Gasteiger partial charge in [0.2, 0.25) is 0 Å². The molecule has 2 heterocycles. The molecule has 0 radical (unpaired) electrons. The van der Waals surface area contributed by atoms with Crippen molar-refractivity contribution in [1.82, 2.24) is 15.6 Å². The normalized spacial score (nSPS) is 24.0. The summed E-state index contributed by atoms with van der Waals surface area (Å²) in [6, 6.07) is 1.04. The molecule has 0 aromatic carbocycles. The van der Waals surface area contributed by atoms with Crippen LogP contribution >= 0.6 is 11.3 Å². The van der Waals surface area contributed by atoms with Gasteiger partial charge >= 0.3 is 0 Å². The molecule has 1 aromatic rings. The van der Waals surface area contributed by atoms with Crippen LogP contribution in [0, 0.1) is 6.92 Å². The monoisotopic (exact) mass is 239 g/mol. The minimum Gasteiger partial charge on any atom is -0.317 e. The van der Waals surface area contributed by atoms with E-state index in [1.54, 1.807) is 11.3 Å². The summed E-state index contributed by atoms with van der Waals surface area (Å²) < 4.78 is 0. The summed E-state index contributed by atoms with van der Waals surface area (Å²) >= 11 is 1.80. The first-order valence-electron chi connectivity index (χ1n) is 6.15.